The van der Waals surface area contributed by atoms with E-state index in [1.54, 1.807) is 0 Å². The minimum Gasteiger partial charge on any atom is -0.259 e. The Labute approximate surface area is 82.5 Å². The van der Waals surface area contributed by atoms with E-state index in [0.717, 1.165) is 6.07 Å². The van der Waals surface area contributed by atoms with Crippen LogP contribution in [0.4, 0.5) is 13.2 Å². The highest BCUT2D eigenvalue weighted by Gasteiger charge is 2.36. The van der Waals surface area contributed by atoms with Gasteiger partial charge in [-0.1, -0.05) is 11.6 Å². The summed E-state index contributed by atoms with van der Waals surface area (Å²) < 4.78 is 36.9. The minimum absolute atomic E-state index is 0.248. The quantitative estimate of drug-likeness (QED) is 0.673. The SMILES string of the molecule is FC(F)(F)c1c(Cl)ccnc1CCl. The van der Waals surface area contributed by atoms with Gasteiger partial charge in [0.25, 0.3) is 0 Å². The van der Waals surface area contributed by atoms with Crippen LogP contribution in [0, 0.1) is 0 Å². The van der Waals surface area contributed by atoms with Crippen molar-refractivity contribution >= 4 is 23.2 Å². The van der Waals surface area contributed by atoms with Gasteiger partial charge >= 0.3 is 6.18 Å². The molecule has 1 aromatic heterocycles. The molecule has 1 heterocycles. The van der Waals surface area contributed by atoms with Crippen LogP contribution in [0.25, 0.3) is 0 Å². The third kappa shape index (κ3) is 2.25. The molecule has 0 radical (unpaired) electrons. The Bertz CT molecular complexity index is 311. The van der Waals surface area contributed by atoms with Gasteiger partial charge in [-0.25, -0.2) is 0 Å². The molecule has 72 valence electrons. The van der Waals surface area contributed by atoms with Gasteiger partial charge in [0.15, 0.2) is 0 Å². The molecule has 0 aliphatic heterocycles. The normalized spacial score (nSPS) is 11.8. The first kappa shape index (κ1) is 10.6. The fourth-order valence-electron chi connectivity index (χ4n) is 0.879. The van der Waals surface area contributed by atoms with Gasteiger partial charge in [-0.2, -0.15) is 13.2 Å². The number of nitrogens with zero attached hydrogens (tertiary/aromatic N) is 1. The average Bonchev–Trinajstić information content (AvgIpc) is 2.01. The van der Waals surface area contributed by atoms with Crippen LogP contribution in [0.3, 0.4) is 0 Å². The number of hydrogen-bond donors (Lipinski definition) is 0. The second-order valence-electron chi connectivity index (χ2n) is 2.25. The molecule has 0 atom stereocenters. The molecule has 1 nitrogen and oxygen atoms in total. The van der Waals surface area contributed by atoms with Crippen molar-refractivity contribution in [1.29, 1.82) is 0 Å². The fraction of sp³-hybridized carbons (Fsp3) is 0.286. The van der Waals surface area contributed by atoms with E-state index in [-0.39, 0.29) is 16.6 Å². The van der Waals surface area contributed by atoms with Gasteiger partial charge in [-0.3, -0.25) is 4.98 Å². The molecule has 0 unspecified atom stereocenters. The first-order valence-electron chi connectivity index (χ1n) is 3.23. The van der Waals surface area contributed by atoms with Crippen LogP contribution in [0.15, 0.2) is 12.3 Å². The van der Waals surface area contributed by atoms with Crippen molar-refractivity contribution in [2.75, 3.05) is 0 Å². The molecule has 0 saturated carbocycles. The van der Waals surface area contributed by atoms with Crippen LogP contribution >= 0.6 is 23.2 Å². The van der Waals surface area contributed by atoms with Crippen LogP contribution in [-0.2, 0) is 12.1 Å². The van der Waals surface area contributed by atoms with Crippen LogP contribution in [0.5, 0.6) is 0 Å². The first-order chi connectivity index (χ1) is 5.96. The molecular weight excluding hydrogens is 226 g/mol. The van der Waals surface area contributed by atoms with Gasteiger partial charge < -0.3 is 0 Å². The lowest BCUT2D eigenvalue weighted by atomic mass is 10.2. The van der Waals surface area contributed by atoms with Crippen molar-refractivity contribution in [3.8, 4) is 0 Å². The maximum Gasteiger partial charge on any atom is 0.419 e. The lowest BCUT2D eigenvalue weighted by Gasteiger charge is -2.11. The molecule has 0 bridgehead atoms. The largest absolute Gasteiger partial charge is 0.419 e. The Morgan fingerprint density at radius 1 is 1.38 bits per heavy atom. The average molecular weight is 230 g/mol. The van der Waals surface area contributed by atoms with E-state index in [1.165, 1.54) is 6.20 Å². The molecule has 6 heteroatoms. The number of hydrogen-bond acceptors (Lipinski definition) is 1. The van der Waals surface area contributed by atoms with E-state index < -0.39 is 11.7 Å². The fourth-order valence-corrected chi connectivity index (χ4v) is 1.35. The first-order valence-corrected chi connectivity index (χ1v) is 4.14. The lowest BCUT2D eigenvalue weighted by molar-refractivity contribution is -0.138. The predicted octanol–water partition coefficient (Wildman–Crippen LogP) is 3.49. The van der Waals surface area contributed by atoms with Crippen molar-refractivity contribution in [3.05, 3.63) is 28.5 Å². The van der Waals surface area contributed by atoms with Gasteiger partial charge in [-0.05, 0) is 6.07 Å². The number of alkyl halides is 4. The summed E-state index contributed by atoms with van der Waals surface area (Å²) in [6.45, 7) is 0. The zero-order chi connectivity index (χ0) is 10.1. The molecule has 0 aromatic carbocycles. The minimum atomic E-state index is -4.50. The summed E-state index contributed by atoms with van der Waals surface area (Å²) in [6, 6.07) is 1.08. The summed E-state index contributed by atoms with van der Waals surface area (Å²) in [5.41, 5.74) is -1.20. The summed E-state index contributed by atoms with van der Waals surface area (Å²) in [4.78, 5) is 3.49. The van der Waals surface area contributed by atoms with Crippen LogP contribution in [-0.4, -0.2) is 4.98 Å². The van der Waals surface area contributed by atoms with E-state index in [2.05, 4.69) is 4.98 Å². The Morgan fingerprint density at radius 3 is 2.38 bits per heavy atom. The highest BCUT2D eigenvalue weighted by molar-refractivity contribution is 6.31. The zero-order valence-corrected chi connectivity index (χ0v) is 7.71. The summed E-state index contributed by atoms with van der Waals surface area (Å²) in [6.07, 6.45) is -3.31. The Balaban J connectivity index is 3.32. The van der Waals surface area contributed by atoms with Gasteiger partial charge in [0.05, 0.1) is 22.2 Å². The van der Waals surface area contributed by atoms with E-state index in [4.69, 9.17) is 23.2 Å². The highest BCUT2D eigenvalue weighted by atomic mass is 35.5. The number of pyridine rings is 1. The topological polar surface area (TPSA) is 12.9 Å². The number of aromatic nitrogens is 1. The summed E-state index contributed by atoms with van der Waals surface area (Å²) in [5, 5.41) is -0.377. The Kier molecular flexibility index (Phi) is 3.03. The third-order valence-corrected chi connectivity index (χ3v) is 1.96. The van der Waals surface area contributed by atoms with Crippen LogP contribution < -0.4 is 0 Å². The van der Waals surface area contributed by atoms with Crippen molar-refractivity contribution in [2.45, 2.75) is 12.1 Å². The second-order valence-corrected chi connectivity index (χ2v) is 2.92. The summed E-state index contributed by atoms with van der Waals surface area (Å²) in [5.74, 6) is -0.310. The van der Waals surface area contributed by atoms with Gasteiger partial charge in [0.2, 0.25) is 0 Å². The molecule has 0 amide bonds. The third-order valence-electron chi connectivity index (χ3n) is 1.39. The van der Waals surface area contributed by atoms with Gasteiger partial charge in [0, 0.05) is 6.20 Å². The lowest BCUT2D eigenvalue weighted by Crippen LogP contribution is -2.10. The second kappa shape index (κ2) is 3.72. The van der Waals surface area contributed by atoms with E-state index >= 15 is 0 Å². The molecule has 0 aliphatic carbocycles. The van der Waals surface area contributed by atoms with Gasteiger partial charge in [-0.15, -0.1) is 11.6 Å². The van der Waals surface area contributed by atoms with Crippen molar-refractivity contribution in [3.63, 3.8) is 0 Å². The molecule has 0 N–H and O–H groups in total. The molecular formula is C7H4Cl2F3N. The van der Waals surface area contributed by atoms with Crippen molar-refractivity contribution in [1.82, 2.24) is 4.98 Å². The highest BCUT2D eigenvalue weighted by Crippen LogP contribution is 2.36. The van der Waals surface area contributed by atoms with E-state index in [1.807, 2.05) is 0 Å². The molecule has 0 aliphatic rings. The Morgan fingerprint density at radius 2 is 2.00 bits per heavy atom. The van der Waals surface area contributed by atoms with Crippen LogP contribution in [0.1, 0.15) is 11.3 Å². The molecule has 13 heavy (non-hydrogen) atoms. The number of rotatable bonds is 1. The Hall–Kier alpha value is -0.480. The molecule has 1 aromatic rings. The van der Waals surface area contributed by atoms with Crippen molar-refractivity contribution < 1.29 is 13.2 Å². The summed E-state index contributed by atoms with van der Waals surface area (Å²) >= 11 is 10.7. The molecule has 0 saturated heterocycles. The zero-order valence-electron chi connectivity index (χ0n) is 6.20. The van der Waals surface area contributed by atoms with E-state index in [0.29, 0.717) is 0 Å². The maximum atomic E-state index is 12.3. The standard InChI is InChI=1S/C7H4Cl2F3N/c8-3-5-6(7(10,11)12)4(9)1-2-13-5/h1-2H,3H2. The molecule has 0 spiro atoms. The summed E-state index contributed by atoms with van der Waals surface area (Å²) in [7, 11) is 0. The van der Waals surface area contributed by atoms with Crippen LogP contribution in [0.2, 0.25) is 5.02 Å². The number of halogens is 5. The van der Waals surface area contributed by atoms with Gasteiger partial charge in [0.1, 0.15) is 0 Å². The molecule has 1 rings (SSSR count). The van der Waals surface area contributed by atoms with Crippen molar-refractivity contribution in [2.24, 2.45) is 0 Å². The molecule has 0 fully saturated rings. The van der Waals surface area contributed by atoms with E-state index in [9.17, 15) is 13.2 Å². The smallest absolute Gasteiger partial charge is 0.259 e. The monoisotopic (exact) mass is 229 g/mol. The predicted molar refractivity (Wildman–Crippen MR) is 43.8 cm³/mol. The maximum absolute atomic E-state index is 12.3.